The van der Waals surface area contributed by atoms with Crippen LogP contribution in [0.15, 0.2) is 46.6 Å². The fraction of sp³-hybridized carbons (Fsp3) is 0.600. The predicted octanol–water partition coefficient (Wildman–Crippen LogP) is 6.24. The Hall–Kier alpha value is -0.930. The quantitative estimate of drug-likeness (QED) is 0.315. The summed E-state index contributed by atoms with van der Waals surface area (Å²) < 4.78 is 15.0. The topological polar surface area (TPSA) is 66.8 Å². The van der Waals surface area contributed by atoms with Crippen LogP contribution >= 0.6 is 7.82 Å². The van der Waals surface area contributed by atoms with Gasteiger partial charge < -0.3 is 9.79 Å². The number of hydrogen-bond donors (Lipinski definition) is 2. The first-order chi connectivity index (χ1) is 11.6. The highest BCUT2D eigenvalue weighted by Crippen LogP contribution is 2.35. The molecule has 0 aliphatic rings. The highest BCUT2D eigenvalue weighted by Gasteiger charge is 2.11. The van der Waals surface area contributed by atoms with E-state index in [0.29, 0.717) is 0 Å². The van der Waals surface area contributed by atoms with Gasteiger partial charge in [0.15, 0.2) is 0 Å². The number of allylic oxidation sites excluding steroid dienone is 7. The molecule has 0 unspecified atom stereocenters. The Morgan fingerprint density at radius 2 is 1.16 bits per heavy atom. The SMILES string of the molecule is CC(C)=CCC/C(C)=C/CC/C(C)=C\CC/C(C)=C\COP(=O)(O)O. The first kappa shape index (κ1) is 24.1. The smallest absolute Gasteiger partial charge is 0.303 e. The van der Waals surface area contributed by atoms with Crippen LogP contribution in [0.2, 0.25) is 0 Å². The van der Waals surface area contributed by atoms with E-state index in [-0.39, 0.29) is 6.61 Å². The molecule has 25 heavy (non-hydrogen) atoms. The summed E-state index contributed by atoms with van der Waals surface area (Å²) in [6.07, 6.45) is 14.8. The zero-order valence-electron chi connectivity index (χ0n) is 16.4. The maximum Gasteiger partial charge on any atom is 0.469 e. The summed E-state index contributed by atoms with van der Waals surface area (Å²) in [6, 6.07) is 0. The van der Waals surface area contributed by atoms with E-state index in [0.717, 1.165) is 44.1 Å². The van der Waals surface area contributed by atoms with Gasteiger partial charge in [0, 0.05) is 0 Å². The Balaban J connectivity index is 4.03. The molecule has 5 heteroatoms. The minimum Gasteiger partial charge on any atom is -0.303 e. The van der Waals surface area contributed by atoms with E-state index in [1.165, 1.54) is 16.7 Å². The molecular formula is C20H35O4P. The van der Waals surface area contributed by atoms with Gasteiger partial charge in [-0.1, -0.05) is 46.6 Å². The van der Waals surface area contributed by atoms with E-state index < -0.39 is 7.82 Å². The van der Waals surface area contributed by atoms with E-state index in [1.807, 2.05) is 6.92 Å². The molecule has 0 rings (SSSR count). The molecule has 0 saturated carbocycles. The third-order valence-corrected chi connectivity index (χ3v) is 4.31. The van der Waals surface area contributed by atoms with Crippen LogP contribution in [0.1, 0.15) is 73.1 Å². The van der Waals surface area contributed by atoms with Crippen LogP contribution in [-0.2, 0) is 9.09 Å². The van der Waals surface area contributed by atoms with Crippen molar-refractivity contribution in [2.75, 3.05) is 6.61 Å². The fourth-order valence-electron chi connectivity index (χ4n) is 2.26. The maximum absolute atomic E-state index is 10.6. The molecule has 0 spiro atoms. The first-order valence-electron chi connectivity index (χ1n) is 8.90. The highest BCUT2D eigenvalue weighted by atomic mass is 31.2. The van der Waals surface area contributed by atoms with E-state index in [1.54, 1.807) is 6.08 Å². The third kappa shape index (κ3) is 17.7. The van der Waals surface area contributed by atoms with Crippen LogP contribution in [-0.4, -0.2) is 16.4 Å². The zero-order chi connectivity index (χ0) is 19.3. The molecule has 0 heterocycles. The summed E-state index contributed by atoms with van der Waals surface area (Å²) in [6.45, 7) is 10.5. The van der Waals surface area contributed by atoms with Crippen molar-refractivity contribution in [1.82, 2.24) is 0 Å². The van der Waals surface area contributed by atoms with Crippen LogP contribution < -0.4 is 0 Å². The lowest BCUT2D eigenvalue weighted by molar-refractivity contribution is 0.215. The molecule has 0 radical (unpaired) electrons. The normalized spacial score (nSPS) is 14.0. The molecule has 0 atom stereocenters. The van der Waals surface area contributed by atoms with Crippen molar-refractivity contribution in [2.45, 2.75) is 73.1 Å². The summed E-state index contributed by atoms with van der Waals surface area (Å²) in [5.41, 5.74) is 5.29. The van der Waals surface area contributed by atoms with Crippen molar-refractivity contribution in [2.24, 2.45) is 0 Å². The summed E-state index contributed by atoms with van der Waals surface area (Å²) in [5, 5.41) is 0. The molecule has 0 fully saturated rings. The van der Waals surface area contributed by atoms with Gasteiger partial charge in [0.05, 0.1) is 6.61 Å². The molecule has 0 aliphatic carbocycles. The van der Waals surface area contributed by atoms with E-state index in [9.17, 15) is 4.57 Å². The van der Waals surface area contributed by atoms with Crippen LogP contribution in [0.25, 0.3) is 0 Å². The molecule has 0 saturated heterocycles. The minimum absolute atomic E-state index is 0.0460. The van der Waals surface area contributed by atoms with E-state index >= 15 is 0 Å². The van der Waals surface area contributed by atoms with E-state index in [2.05, 4.69) is 50.4 Å². The van der Waals surface area contributed by atoms with Crippen LogP contribution in [0.5, 0.6) is 0 Å². The summed E-state index contributed by atoms with van der Waals surface area (Å²) >= 11 is 0. The predicted molar refractivity (Wildman–Crippen MR) is 106 cm³/mol. The Bertz CT molecular complexity index is 546. The molecule has 0 amide bonds. The first-order valence-corrected chi connectivity index (χ1v) is 10.4. The molecule has 0 aromatic rings. The summed E-state index contributed by atoms with van der Waals surface area (Å²) in [7, 11) is -4.36. The molecule has 2 N–H and O–H groups in total. The Kier molecular flexibility index (Phi) is 12.8. The average Bonchev–Trinajstić information content (AvgIpc) is 2.45. The van der Waals surface area contributed by atoms with Gasteiger partial charge in [-0.2, -0.15) is 0 Å². The molecule has 4 nitrogen and oxygen atoms in total. The molecule has 0 aliphatic heterocycles. The second-order valence-electron chi connectivity index (χ2n) is 6.84. The lowest BCUT2D eigenvalue weighted by Crippen LogP contribution is -1.89. The van der Waals surface area contributed by atoms with Gasteiger partial charge in [-0.05, 0) is 73.1 Å². The number of phosphoric ester groups is 1. The third-order valence-electron chi connectivity index (χ3n) is 3.83. The molecular weight excluding hydrogens is 335 g/mol. The van der Waals surface area contributed by atoms with Crippen molar-refractivity contribution in [3.63, 3.8) is 0 Å². The zero-order valence-corrected chi connectivity index (χ0v) is 17.3. The molecule has 0 aromatic carbocycles. The van der Waals surface area contributed by atoms with Crippen LogP contribution in [0.3, 0.4) is 0 Å². The lowest BCUT2D eigenvalue weighted by atomic mass is 10.0. The van der Waals surface area contributed by atoms with Crippen molar-refractivity contribution < 1.29 is 18.9 Å². The second kappa shape index (κ2) is 13.3. The van der Waals surface area contributed by atoms with Crippen molar-refractivity contribution in [3.8, 4) is 0 Å². The van der Waals surface area contributed by atoms with Gasteiger partial charge in [-0.25, -0.2) is 4.57 Å². The van der Waals surface area contributed by atoms with Gasteiger partial charge in [0.2, 0.25) is 0 Å². The molecule has 0 bridgehead atoms. The number of rotatable bonds is 12. The summed E-state index contributed by atoms with van der Waals surface area (Å²) in [5.74, 6) is 0. The maximum atomic E-state index is 10.6. The largest absolute Gasteiger partial charge is 0.469 e. The number of hydrogen-bond acceptors (Lipinski definition) is 2. The Labute approximate surface area is 153 Å². The van der Waals surface area contributed by atoms with Gasteiger partial charge in [-0.3, -0.25) is 4.52 Å². The summed E-state index contributed by atoms with van der Waals surface area (Å²) in [4.78, 5) is 17.2. The number of phosphoric acid groups is 1. The van der Waals surface area contributed by atoms with Crippen molar-refractivity contribution in [3.05, 3.63) is 46.6 Å². The molecule has 0 aromatic heterocycles. The van der Waals surface area contributed by atoms with E-state index in [4.69, 9.17) is 9.79 Å². The van der Waals surface area contributed by atoms with Gasteiger partial charge >= 0.3 is 7.82 Å². The van der Waals surface area contributed by atoms with Crippen LogP contribution in [0, 0.1) is 0 Å². The van der Waals surface area contributed by atoms with Gasteiger partial charge in [0.25, 0.3) is 0 Å². The van der Waals surface area contributed by atoms with Crippen molar-refractivity contribution >= 4 is 7.82 Å². The molecule has 144 valence electrons. The average molecular weight is 370 g/mol. The fourth-order valence-corrected chi connectivity index (χ4v) is 2.53. The minimum atomic E-state index is -4.36. The lowest BCUT2D eigenvalue weighted by Gasteiger charge is -2.04. The monoisotopic (exact) mass is 370 g/mol. The standard InChI is InChI=1S/C20H35O4P/c1-17(2)9-6-10-18(3)11-7-12-19(4)13-8-14-20(5)15-16-24-25(21,22)23/h9,11,13,15H,6-8,10,12,14,16H2,1-5H3,(H2,21,22,23)/b18-11+,19-13-,20-15-. The Morgan fingerprint density at radius 1 is 0.760 bits per heavy atom. The second-order valence-corrected chi connectivity index (χ2v) is 8.07. The highest BCUT2D eigenvalue weighted by molar-refractivity contribution is 7.46. The Morgan fingerprint density at radius 3 is 1.56 bits per heavy atom. The van der Waals surface area contributed by atoms with Gasteiger partial charge in [-0.15, -0.1) is 0 Å². The van der Waals surface area contributed by atoms with Gasteiger partial charge in [0.1, 0.15) is 0 Å². The van der Waals surface area contributed by atoms with Crippen LogP contribution in [0.4, 0.5) is 0 Å². The van der Waals surface area contributed by atoms with Crippen molar-refractivity contribution in [1.29, 1.82) is 0 Å².